The number of amides is 2. The summed E-state index contributed by atoms with van der Waals surface area (Å²) in [5.41, 5.74) is 5.31. The fourth-order valence-corrected chi connectivity index (χ4v) is 6.86. The van der Waals surface area contributed by atoms with Gasteiger partial charge in [-0.05, 0) is 53.6 Å². The number of carbonyl (C=O) groups excluding carboxylic acids is 2. The van der Waals surface area contributed by atoms with Gasteiger partial charge < -0.3 is 10.4 Å². The number of fused-ring (bicyclic) bond motifs is 1. The van der Waals surface area contributed by atoms with E-state index >= 15 is 0 Å². The number of rotatable bonds is 8. The monoisotopic (exact) mass is 617 g/mol. The topological polar surface area (TPSA) is 110 Å². The highest BCUT2D eigenvalue weighted by Gasteiger charge is 2.45. The van der Waals surface area contributed by atoms with Crippen LogP contribution in [0.2, 0.25) is 10.0 Å². The second-order valence-corrected chi connectivity index (χ2v) is 12.4. The molecule has 2 aliphatic rings. The number of nitrogens with one attached hydrogen (secondary N) is 1. The van der Waals surface area contributed by atoms with E-state index in [2.05, 4.69) is 5.48 Å². The Morgan fingerprint density at radius 2 is 1.68 bits per heavy atom. The molecule has 2 aliphatic heterocycles. The molecule has 0 spiro atoms. The highest BCUT2D eigenvalue weighted by Crippen LogP contribution is 2.46. The molecule has 1 unspecified atom stereocenters. The number of piperidine rings is 1. The number of carbonyl (C=O) groups is 2. The van der Waals surface area contributed by atoms with Crippen molar-refractivity contribution >= 4 is 46.0 Å². The van der Waals surface area contributed by atoms with Gasteiger partial charge in [-0.3, -0.25) is 14.4 Å². The molecule has 3 atom stereocenters. The second kappa shape index (κ2) is 13.9. The zero-order valence-electron chi connectivity index (χ0n) is 22.6. The van der Waals surface area contributed by atoms with Crippen LogP contribution in [0.4, 0.5) is 0 Å². The Morgan fingerprint density at radius 1 is 1.00 bits per heavy atom. The van der Waals surface area contributed by atoms with Crippen LogP contribution in [-0.2, 0) is 27.2 Å². The van der Waals surface area contributed by atoms with Crippen LogP contribution in [0.15, 0.2) is 72.8 Å². The third-order valence-electron chi connectivity index (χ3n) is 7.65. The fourth-order valence-electron chi connectivity index (χ4n) is 5.62. The summed E-state index contributed by atoms with van der Waals surface area (Å²) in [6.45, 7) is 2.02. The summed E-state index contributed by atoms with van der Waals surface area (Å²) in [4.78, 5) is 35.3. The summed E-state index contributed by atoms with van der Waals surface area (Å²) in [5, 5.41) is 0.851. The molecular weight excluding hydrogens is 585 g/mol. The Hall–Kier alpha value is -2.79. The van der Waals surface area contributed by atoms with E-state index in [-0.39, 0.29) is 29.8 Å². The lowest BCUT2D eigenvalue weighted by Gasteiger charge is -2.44. The summed E-state index contributed by atoms with van der Waals surface area (Å²) in [6.07, 6.45) is 3.28. The molecular formula is C30H33Cl2N3O5S. The molecule has 41 heavy (non-hydrogen) atoms. The Labute approximate surface area is 252 Å². The minimum Gasteiger partial charge on any atom is -0.412 e. The van der Waals surface area contributed by atoms with Crippen molar-refractivity contribution in [2.45, 2.75) is 31.4 Å². The number of benzene rings is 3. The van der Waals surface area contributed by atoms with Crippen molar-refractivity contribution in [1.29, 1.82) is 0 Å². The van der Waals surface area contributed by atoms with Crippen LogP contribution < -0.4 is 5.48 Å². The molecule has 0 aliphatic carbocycles. The summed E-state index contributed by atoms with van der Waals surface area (Å²) in [7, 11) is -1.03. The van der Waals surface area contributed by atoms with Gasteiger partial charge in [-0.15, -0.1) is 0 Å². The lowest BCUT2D eigenvalue weighted by molar-refractivity contribution is -0.138. The largest absolute Gasteiger partial charge is 0.412 e. The van der Waals surface area contributed by atoms with Crippen LogP contribution in [-0.4, -0.2) is 56.6 Å². The fraction of sp³-hybridized carbons (Fsp3) is 0.333. The summed E-state index contributed by atoms with van der Waals surface area (Å²) >= 11 is 13.0. The molecule has 1 saturated heterocycles. The van der Waals surface area contributed by atoms with E-state index in [9.17, 15) is 13.8 Å². The van der Waals surface area contributed by atoms with Crippen LogP contribution in [0.3, 0.4) is 0 Å². The second-order valence-electron chi connectivity index (χ2n) is 10.2. The van der Waals surface area contributed by atoms with Gasteiger partial charge in [0, 0.05) is 41.5 Å². The van der Waals surface area contributed by atoms with Crippen molar-refractivity contribution in [2.24, 2.45) is 5.92 Å². The van der Waals surface area contributed by atoms with Crippen molar-refractivity contribution in [3.05, 3.63) is 105 Å². The van der Waals surface area contributed by atoms with E-state index in [0.717, 1.165) is 18.4 Å². The van der Waals surface area contributed by atoms with Gasteiger partial charge in [0.1, 0.15) is 0 Å². The quantitative estimate of drug-likeness (QED) is 0.369. The van der Waals surface area contributed by atoms with E-state index in [1.807, 2.05) is 46.8 Å². The smallest absolute Gasteiger partial charge is 0.254 e. The Morgan fingerprint density at radius 3 is 2.37 bits per heavy atom. The van der Waals surface area contributed by atoms with Crippen LogP contribution in [0, 0.1) is 5.92 Å². The van der Waals surface area contributed by atoms with Crippen molar-refractivity contribution in [3.63, 3.8) is 0 Å². The Bertz CT molecular complexity index is 1400. The third kappa shape index (κ3) is 6.99. The third-order valence-corrected chi connectivity index (χ3v) is 9.30. The van der Waals surface area contributed by atoms with Gasteiger partial charge in [-0.1, -0.05) is 77.8 Å². The highest BCUT2D eigenvalue weighted by molar-refractivity contribution is 7.81. The van der Waals surface area contributed by atoms with Crippen molar-refractivity contribution in [2.75, 3.05) is 25.9 Å². The average molecular weight is 619 g/mol. The first-order valence-electron chi connectivity index (χ1n) is 13.2. The first-order chi connectivity index (χ1) is 19.3. The van der Waals surface area contributed by atoms with E-state index < -0.39 is 22.9 Å². The Kier molecular flexibility index (Phi) is 10.6. The molecule has 2 heterocycles. The molecule has 0 radical (unpaired) electrons. The number of hydrogen-bond donors (Lipinski definition) is 1. The molecule has 5 rings (SSSR count). The summed E-state index contributed by atoms with van der Waals surface area (Å²) in [5.74, 6) is -1.11. The first-order valence-corrected chi connectivity index (χ1v) is 15.5. The number of nitrogens with zero attached hydrogens (tertiary/aromatic N) is 2. The van der Waals surface area contributed by atoms with Crippen molar-refractivity contribution in [1.82, 2.24) is 14.7 Å². The van der Waals surface area contributed by atoms with Gasteiger partial charge >= 0.3 is 0 Å². The minimum absolute atomic E-state index is 0. The van der Waals surface area contributed by atoms with Crippen LogP contribution in [0.1, 0.15) is 51.8 Å². The number of halogens is 2. The normalized spacial score (nSPS) is 20.2. The number of hydroxylamine groups is 1. The van der Waals surface area contributed by atoms with Crippen LogP contribution >= 0.6 is 23.2 Å². The zero-order chi connectivity index (χ0) is 28.2. The predicted octanol–water partition coefficient (Wildman–Crippen LogP) is 4.70. The molecule has 8 nitrogen and oxygen atoms in total. The van der Waals surface area contributed by atoms with Crippen molar-refractivity contribution in [3.8, 4) is 0 Å². The molecule has 3 aromatic carbocycles. The van der Waals surface area contributed by atoms with Crippen molar-refractivity contribution < 1.29 is 24.1 Å². The summed E-state index contributed by atoms with van der Waals surface area (Å²) in [6, 6.07) is 21.2. The van der Waals surface area contributed by atoms with Gasteiger partial charge in [-0.25, -0.2) is 14.0 Å². The van der Waals surface area contributed by atoms with E-state index in [1.54, 1.807) is 41.5 Å². The van der Waals surface area contributed by atoms with E-state index in [1.165, 1.54) is 0 Å². The predicted molar refractivity (Wildman–Crippen MR) is 161 cm³/mol. The van der Waals surface area contributed by atoms with Gasteiger partial charge in [0.25, 0.3) is 11.8 Å². The SMILES string of the molecule is CS(=O)N1CCC(CN2C(=O)c3ccccc3[C@@H](C(=O)NOCc3ccccc3)[C@@H]2c2ccc(Cl)cc2Cl)CC1.O. The maximum atomic E-state index is 14.0. The van der Waals surface area contributed by atoms with E-state index in [4.69, 9.17) is 28.0 Å². The molecule has 1 fully saturated rings. The summed E-state index contributed by atoms with van der Waals surface area (Å²) < 4.78 is 13.9. The van der Waals surface area contributed by atoms with Gasteiger partial charge in [0.2, 0.25) is 0 Å². The maximum absolute atomic E-state index is 14.0. The van der Waals surface area contributed by atoms with Crippen LogP contribution in [0.25, 0.3) is 0 Å². The molecule has 2 amide bonds. The molecule has 3 aromatic rings. The van der Waals surface area contributed by atoms with Gasteiger partial charge in [0.05, 0.1) is 29.6 Å². The molecule has 0 saturated carbocycles. The molecule has 3 N–H and O–H groups in total. The van der Waals surface area contributed by atoms with Crippen LogP contribution in [0.5, 0.6) is 0 Å². The molecule has 11 heteroatoms. The number of hydrogen-bond acceptors (Lipinski definition) is 4. The maximum Gasteiger partial charge on any atom is 0.254 e. The molecule has 0 aromatic heterocycles. The lowest BCUT2D eigenvalue weighted by atomic mass is 9.78. The molecule has 0 bridgehead atoms. The highest BCUT2D eigenvalue weighted by atomic mass is 35.5. The first kappa shape index (κ1) is 31.2. The lowest BCUT2D eigenvalue weighted by Crippen LogP contribution is -2.50. The van der Waals surface area contributed by atoms with Gasteiger partial charge in [-0.2, -0.15) is 0 Å². The van der Waals surface area contributed by atoms with E-state index in [0.29, 0.717) is 46.4 Å². The standard InChI is InChI=1S/C30H31Cl2N3O4S.H2O/c1-40(38)34-15-13-20(14-16-34)18-35-28(25-12-11-22(31)17-26(25)32)27(23-9-5-6-10-24(23)30(35)37)29(36)33-39-19-21-7-3-2-4-8-21;/h2-12,17,20,27-28H,13-16,18-19H2,1H3,(H,33,36);1H2/t27-,28+,40?;/m1./s1. The minimum atomic E-state index is -1.03. The van der Waals surface area contributed by atoms with Gasteiger partial charge in [0.15, 0.2) is 0 Å². The zero-order valence-corrected chi connectivity index (χ0v) is 24.9. The Balaban J connectivity index is 0.00000387. The average Bonchev–Trinajstić information content (AvgIpc) is 2.95. The molecule has 218 valence electrons.